The van der Waals surface area contributed by atoms with Crippen molar-refractivity contribution in [2.75, 3.05) is 0 Å². The Bertz CT molecular complexity index is 3800. The van der Waals surface area contributed by atoms with E-state index in [1.54, 1.807) is 0 Å². The van der Waals surface area contributed by atoms with Crippen molar-refractivity contribution in [3.05, 3.63) is 229 Å². The predicted octanol–water partition coefficient (Wildman–Crippen LogP) is 21.8. The van der Waals surface area contributed by atoms with Gasteiger partial charge in [-0.25, -0.2) is 0 Å². The Hall–Kier alpha value is -7.02. The Morgan fingerprint density at radius 1 is 0.230 bits per heavy atom. The average Bonchev–Trinajstić information content (AvgIpc) is 3.34. The molecule has 0 heterocycles. The van der Waals surface area contributed by atoms with Crippen molar-refractivity contribution < 1.29 is 0 Å². The fourth-order valence-corrected chi connectivity index (χ4v) is 11.0. The molecule has 0 aromatic heterocycles. The number of hydrogen-bond donors (Lipinski definition) is 0. The summed E-state index contributed by atoms with van der Waals surface area (Å²) in [6.07, 6.45) is 4.48. The maximum Gasteiger partial charge on any atom is -0.00240 e. The second-order valence-corrected chi connectivity index (χ2v) is 25.9. The zero-order chi connectivity index (χ0) is 52.4. The van der Waals surface area contributed by atoms with E-state index in [0.29, 0.717) is 21.7 Å². The van der Waals surface area contributed by atoms with Gasteiger partial charge < -0.3 is 0 Å². The van der Waals surface area contributed by atoms with Gasteiger partial charge in [-0.05, 0) is 174 Å². The molecule has 0 spiro atoms. The van der Waals surface area contributed by atoms with Crippen LogP contribution in [-0.2, 0) is 25.7 Å². The lowest BCUT2D eigenvalue weighted by atomic mass is 9.84. The van der Waals surface area contributed by atoms with E-state index in [2.05, 4.69) is 289 Å². The van der Waals surface area contributed by atoms with Crippen LogP contribution in [0.1, 0.15) is 105 Å². The van der Waals surface area contributed by atoms with Gasteiger partial charge in [-0.1, -0.05) is 271 Å². The number of fused-ring (bicyclic) bond motifs is 5. The van der Waals surface area contributed by atoms with Gasteiger partial charge in [0.1, 0.15) is 0 Å². The molecule has 0 heteroatoms. The third kappa shape index (κ3) is 12.8. The summed E-state index contributed by atoms with van der Waals surface area (Å²) >= 11 is 0. The molecule has 0 aliphatic heterocycles. The molecule has 12 aromatic carbocycles. The molecule has 0 bridgehead atoms. The fraction of sp³-hybridized carbons (Fsp3) is 0.270. The van der Waals surface area contributed by atoms with Gasteiger partial charge in [-0.2, -0.15) is 0 Å². The minimum absolute atomic E-state index is 0.299. The lowest BCUT2D eigenvalue weighted by molar-refractivity contribution is 0.411. The van der Waals surface area contributed by atoms with Gasteiger partial charge in [0.15, 0.2) is 0 Å². The van der Waals surface area contributed by atoms with Crippen LogP contribution in [0.4, 0.5) is 0 Å². The summed E-state index contributed by atoms with van der Waals surface area (Å²) in [4.78, 5) is 0. The van der Waals surface area contributed by atoms with Crippen LogP contribution in [-0.4, -0.2) is 0 Å². The summed E-state index contributed by atoms with van der Waals surface area (Å²) in [6, 6.07) is 75.4. The van der Waals surface area contributed by atoms with Gasteiger partial charge in [-0.3, -0.25) is 0 Å². The summed E-state index contributed by atoms with van der Waals surface area (Å²) < 4.78 is 0. The Balaban J connectivity index is 0.000000122. The first-order valence-corrected chi connectivity index (χ1v) is 27.1. The molecule has 0 unspecified atom stereocenters. The highest BCUT2D eigenvalue weighted by Crippen LogP contribution is 2.38. The second-order valence-electron chi connectivity index (χ2n) is 25.9. The minimum Gasteiger partial charge on any atom is -0.0616 e. The van der Waals surface area contributed by atoms with Crippen LogP contribution in [0.3, 0.4) is 0 Å². The van der Waals surface area contributed by atoms with E-state index in [0.717, 1.165) is 25.7 Å². The molecule has 0 aliphatic carbocycles. The Morgan fingerprint density at radius 3 is 1.11 bits per heavy atom. The van der Waals surface area contributed by atoms with Crippen molar-refractivity contribution in [3.63, 3.8) is 0 Å². The van der Waals surface area contributed by atoms with Crippen LogP contribution in [0.2, 0.25) is 0 Å². The normalized spacial score (nSPS) is 12.3. The molecule has 0 aliphatic rings. The summed E-state index contributed by atoms with van der Waals surface area (Å²) in [6.45, 7) is 27.6. The van der Waals surface area contributed by atoms with Crippen molar-refractivity contribution in [2.24, 2.45) is 21.7 Å². The van der Waals surface area contributed by atoms with Crippen LogP contribution in [0.15, 0.2) is 206 Å². The summed E-state index contributed by atoms with van der Waals surface area (Å²) in [7, 11) is 0. The van der Waals surface area contributed by atoms with E-state index in [-0.39, 0.29) is 0 Å². The van der Waals surface area contributed by atoms with Crippen molar-refractivity contribution in [3.8, 4) is 0 Å². The standard InChI is InChI=1S/C21H20.2C19H20.C15H18/c1-21(2,3)13-17-10-9-16-8-7-14-5-4-6-15-11-12-18(17)20(16)19(14)15;1-19(2,3)13-18-16-10-6-4-8-14(16)12-15-9-5-7-11-17(15)18;1-19(2,3)13-14-8-9-17-11-15-6-4-5-7-16(15)12-18(17)10-14;1-15(2,3)11-12-8-9-13-6-4-5-7-14(13)10-12/h4-12H,13H2,1-3H3;2*4-12H,13H2,1-3H3;4-10H,11H2,1-3H3. The molecule has 374 valence electrons. The van der Waals surface area contributed by atoms with E-state index in [1.165, 1.54) is 108 Å². The molecule has 0 fully saturated rings. The Kier molecular flexibility index (Phi) is 14.8. The van der Waals surface area contributed by atoms with Gasteiger partial charge in [0, 0.05) is 0 Å². The number of benzene rings is 12. The summed E-state index contributed by atoms with van der Waals surface area (Å²) in [5.41, 5.74) is 7.12. The van der Waals surface area contributed by atoms with Gasteiger partial charge in [0.25, 0.3) is 0 Å². The van der Waals surface area contributed by atoms with E-state index >= 15 is 0 Å². The first-order valence-electron chi connectivity index (χ1n) is 27.1. The minimum atomic E-state index is 0.299. The van der Waals surface area contributed by atoms with Crippen molar-refractivity contribution in [2.45, 2.75) is 109 Å². The topological polar surface area (TPSA) is 0 Å². The molecular weight excluding hydrogens is 889 g/mol. The SMILES string of the molecule is CC(C)(C)Cc1c2ccccc2cc2ccccc12.CC(C)(C)Cc1ccc2cc3ccccc3cc2c1.CC(C)(C)Cc1ccc2ccc3cccc4ccc1c2c34.CC(C)(C)Cc1ccc2ccccc2c1. The zero-order valence-corrected chi connectivity index (χ0v) is 46.5. The molecule has 12 rings (SSSR count). The quantitative estimate of drug-likeness (QED) is 0.122. The van der Waals surface area contributed by atoms with E-state index in [4.69, 9.17) is 0 Å². The van der Waals surface area contributed by atoms with Crippen molar-refractivity contribution in [1.29, 1.82) is 0 Å². The van der Waals surface area contributed by atoms with Gasteiger partial charge in [-0.15, -0.1) is 0 Å². The first kappa shape index (κ1) is 51.9. The van der Waals surface area contributed by atoms with Crippen molar-refractivity contribution in [1.82, 2.24) is 0 Å². The van der Waals surface area contributed by atoms with E-state index in [1.807, 2.05) is 0 Å². The largest absolute Gasteiger partial charge is 0.0616 e. The van der Waals surface area contributed by atoms with E-state index < -0.39 is 0 Å². The average molecular weight is 967 g/mol. The van der Waals surface area contributed by atoms with Gasteiger partial charge in [0.05, 0.1) is 0 Å². The van der Waals surface area contributed by atoms with Crippen LogP contribution in [0, 0.1) is 21.7 Å². The molecule has 0 radical (unpaired) electrons. The third-order valence-corrected chi connectivity index (χ3v) is 14.0. The first-order chi connectivity index (χ1) is 35.1. The smallest absolute Gasteiger partial charge is 0.00240 e. The van der Waals surface area contributed by atoms with Crippen LogP contribution in [0.25, 0.3) is 86.2 Å². The van der Waals surface area contributed by atoms with Gasteiger partial charge in [0.2, 0.25) is 0 Å². The Morgan fingerprint density at radius 2 is 0.581 bits per heavy atom. The third-order valence-electron chi connectivity index (χ3n) is 14.0. The maximum atomic E-state index is 2.34. The van der Waals surface area contributed by atoms with Crippen LogP contribution < -0.4 is 0 Å². The van der Waals surface area contributed by atoms with Crippen LogP contribution >= 0.6 is 0 Å². The maximum absolute atomic E-state index is 2.34. The zero-order valence-electron chi connectivity index (χ0n) is 46.5. The molecule has 0 amide bonds. The fourth-order valence-electron chi connectivity index (χ4n) is 11.0. The predicted molar refractivity (Wildman–Crippen MR) is 330 cm³/mol. The van der Waals surface area contributed by atoms with Gasteiger partial charge >= 0.3 is 0 Å². The molecule has 74 heavy (non-hydrogen) atoms. The highest BCUT2D eigenvalue weighted by molar-refractivity contribution is 6.23. The number of rotatable bonds is 4. The molecule has 0 nitrogen and oxygen atoms in total. The highest BCUT2D eigenvalue weighted by Gasteiger charge is 2.18. The Labute approximate surface area is 442 Å². The summed E-state index contributed by atoms with van der Waals surface area (Å²) in [5.74, 6) is 0. The molecule has 0 saturated heterocycles. The second kappa shape index (κ2) is 21.1. The lowest BCUT2D eigenvalue weighted by Crippen LogP contribution is -2.10. The lowest BCUT2D eigenvalue weighted by Gasteiger charge is -2.21. The molecule has 0 N–H and O–H groups in total. The van der Waals surface area contributed by atoms with E-state index in [9.17, 15) is 0 Å². The van der Waals surface area contributed by atoms with Crippen LogP contribution in [0.5, 0.6) is 0 Å². The molecule has 0 atom stereocenters. The molecule has 0 saturated carbocycles. The summed E-state index contributed by atoms with van der Waals surface area (Å²) in [5, 5.41) is 21.8. The molecule has 12 aromatic rings. The monoisotopic (exact) mass is 967 g/mol. The van der Waals surface area contributed by atoms with Crippen molar-refractivity contribution >= 4 is 86.2 Å². The molecular formula is C74H78. The highest BCUT2D eigenvalue weighted by atomic mass is 14.2. The number of hydrogen-bond acceptors (Lipinski definition) is 0.